The maximum atomic E-state index is 6.05. The second kappa shape index (κ2) is 3.58. The summed E-state index contributed by atoms with van der Waals surface area (Å²) in [6.07, 6.45) is 6.33. The van der Waals surface area contributed by atoms with Gasteiger partial charge in [-0.3, -0.25) is 0 Å². The van der Waals surface area contributed by atoms with E-state index in [0.29, 0.717) is 12.0 Å². The molecule has 0 aromatic rings. The highest BCUT2D eigenvalue weighted by Gasteiger charge is 2.49. The molecule has 1 heterocycles. The minimum absolute atomic E-state index is 0.171. The Kier molecular flexibility index (Phi) is 2.61. The summed E-state index contributed by atoms with van der Waals surface area (Å²) >= 11 is 0. The molecule has 13 heavy (non-hydrogen) atoms. The van der Waals surface area contributed by atoms with Gasteiger partial charge >= 0.3 is 0 Å². The van der Waals surface area contributed by atoms with Crippen molar-refractivity contribution in [3.8, 4) is 0 Å². The van der Waals surface area contributed by atoms with Crippen molar-refractivity contribution in [2.75, 3.05) is 6.61 Å². The quantitative estimate of drug-likeness (QED) is 0.671. The summed E-state index contributed by atoms with van der Waals surface area (Å²) < 4.78 is 11.9. The molecule has 2 nitrogen and oxygen atoms in total. The van der Waals surface area contributed by atoms with Crippen LogP contribution in [0.5, 0.6) is 0 Å². The van der Waals surface area contributed by atoms with Crippen LogP contribution in [0.1, 0.15) is 46.0 Å². The molecular formula is C11H20O2. The molecule has 2 fully saturated rings. The van der Waals surface area contributed by atoms with Crippen molar-refractivity contribution >= 4 is 0 Å². The van der Waals surface area contributed by atoms with Crippen LogP contribution in [-0.2, 0) is 9.47 Å². The van der Waals surface area contributed by atoms with E-state index in [4.69, 9.17) is 9.47 Å². The maximum absolute atomic E-state index is 6.05. The molecule has 0 bridgehead atoms. The monoisotopic (exact) mass is 184 g/mol. The lowest BCUT2D eigenvalue weighted by Gasteiger charge is -2.31. The minimum atomic E-state index is -0.171. The van der Waals surface area contributed by atoms with Crippen molar-refractivity contribution < 1.29 is 9.47 Å². The Labute approximate surface area is 80.6 Å². The fourth-order valence-electron chi connectivity index (χ4n) is 2.56. The highest BCUT2D eigenvalue weighted by atomic mass is 16.7. The van der Waals surface area contributed by atoms with E-state index in [-0.39, 0.29) is 5.79 Å². The van der Waals surface area contributed by atoms with Gasteiger partial charge in [0.2, 0.25) is 0 Å². The predicted molar refractivity (Wildman–Crippen MR) is 51.5 cm³/mol. The maximum Gasteiger partial charge on any atom is 0.171 e. The summed E-state index contributed by atoms with van der Waals surface area (Å²) in [7, 11) is 0. The number of ether oxygens (including phenoxy) is 2. The van der Waals surface area contributed by atoms with E-state index in [9.17, 15) is 0 Å². The van der Waals surface area contributed by atoms with Crippen LogP contribution in [0, 0.1) is 5.92 Å². The van der Waals surface area contributed by atoms with Crippen LogP contribution in [-0.4, -0.2) is 18.5 Å². The van der Waals surface area contributed by atoms with Crippen LogP contribution in [0.25, 0.3) is 0 Å². The second-order valence-corrected chi connectivity index (χ2v) is 4.37. The highest BCUT2D eigenvalue weighted by Crippen LogP contribution is 2.46. The van der Waals surface area contributed by atoms with Gasteiger partial charge in [0.15, 0.2) is 5.79 Å². The van der Waals surface area contributed by atoms with Gasteiger partial charge in [0.05, 0.1) is 12.7 Å². The van der Waals surface area contributed by atoms with Crippen molar-refractivity contribution in [1.82, 2.24) is 0 Å². The van der Waals surface area contributed by atoms with Gasteiger partial charge in [-0.2, -0.15) is 0 Å². The Balaban J connectivity index is 2.01. The first kappa shape index (κ1) is 9.47. The summed E-state index contributed by atoms with van der Waals surface area (Å²) in [6.45, 7) is 5.22. The molecule has 0 aromatic heterocycles. The first-order valence-electron chi connectivity index (χ1n) is 5.58. The Hall–Kier alpha value is -0.0800. The molecule has 0 aromatic carbocycles. The van der Waals surface area contributed by atoms with Gasteiger partial charge in [-0.1, -0.05) is 6.92 Å². The molecule has 3 unspecified atom stereocenters. The molecule has 2 rings (SSSR count). The van der Waals surface area contributed by atoms with Gasteiger partial charge in [0, 0.05) is 12.3 Å². The number of fused-ring (bicyclic) bond motifs is 1. The largest absolute Gasteiger partial charge is 0.350 e. The lowest BCUT2D eigenvalue weighted by atomic mass is 10.0. The Morgan fingerprint density at radius 2 is 2.38 bits per heavy atom. The first-order chi connectivity index (χ1) is 6.27. The van der Waals surface area contributed by atoms with E-state index in [1.165, 1.54) is 19.3 Å². The van der Waals surface area contributed by atoms with Crippen LogP contribution in [0.3, 0.4) is 0 Å². The molecule has 2 heteroatoms. The van der Waals surface area contributed by atoms with Crippen LogP contribution in [0.15, 0.2) is 0 Å². The van der Waals surface area contributed by atoms with Crippen molar-refractivity contribution in [1.29, 1.82) is 0 Å². The zero-order valence-corrected chi connectivity index (χ0v) is 8.71. The third kappa shape index (κ3) is 1.62. The van der Waals surface area contributed by atoms with Crippen LogP contribution < -0.4 is 0 Å². The molecule has 2 aliphatic rings. The van der Waals surface area contributed by atoms with Crippen molar-refractivity contribution in [2.24, 2.45) is 5.92 Å². The smallest absolute Gasteiger partial charge is 0.171 e. The highest BCUT2D eigenvalue weighted by molar-refractivity contribution is 4.91. The van der Waals surface area contributed by atoms with Crippen molar-refractivity contribution in [3.05, 3.63) is 0 Å². The van der Waals surface area contributed by atoms with E-state index in [2.05, 4.69) is 13.8 Å². The lowest BCUT2D eigenvalue weighted by Crippen LogP contribution is -2.37. The van der Waals surface area contributed by atoms with Crippen molar-refractivity contribution in [2.45, 2.75) is 57.8 Å². The van der Waals surface area contributed by atoms with Gasteiger partial charge < -0.3 is 9.47 Å². The Morgan fingerprint density at radius 1 is 1.54 bits per heavy atom. The zero-order chi connectivity index (χ0) is 9.31. The summed E-state index contributed by atoms with van der Waals surface area (Å²) in [5, 5.41) is 0. The fraction of sp³-hybridized carbons (Fsp3) is 1.00. The van der Waals surface area contributed by atoms with Crippen LogP contribution in [0.2, 0.25) is 0 Å². The molecule has 0 amide bonds. The molecule has 3 atom stereocenters. The fourth-order valence-corrected chi connectivity index (χ4v) is 2.56. The molecule has 0 spiro atoms. The van der Waals surface area contributed by atoms with Gasteiger partial charge in [0.25, 0.3) is 0 Å². The summed E-state index contributed by atoms with van der Waals surface area (Å²) in [5.41, 5.74) is 0. The normalized spacial score (nSPS) is 40.6. The molecule has 76 valence electrons. The lowest BCUT2D eigenvalue weighted by molar-refractivity contribution is -0.242. The summed E-state index contributed by atoms with van der Waals surface area (Å²) in [4.78, 5) is 0. The van der Waals surface area contributed by atoms with Crippen molar-refractivity contribution in [3.63, 3.8) is 0 Å². The molecule has 1 aliphatic heterocycles. The summed E-state index contributed by atoms with van der Waals surface area (Å²) in [5.74, 6) is 0.511. The topological polar surface area (TPSA) is 18.5 Å². The zero-order valence-electron chi connectivity index (χ0n) is 8.71. The average Bonchev–Trinajstić information content (AvgIpc) is 2.62. The van der Waals surface area contributed by atoms with Gasteiger partial charge in [-0.15, -0.1) is 0 Å². The number of hydrogen-bond acceptors (Lipinski definition) is 2. The minimum Gasteiger partial charge on any atom is -0.350 e. The molecule has 1 saturated heterocycles. The first-order valence-corrected chi connectivity index (χ1v) is 5.58. The average molecular weight is 184 g/mol. The van der Waals surface area contributed by atoms with Crippen LogP contribution >= 0.6 is 0 Å². The van der Waals surface area contributed by atoms with E-state index >= 15 is 0 Å². The number of hydrogen-bond donors (Lipinski definition) is 0. The third-order valence-electron chi connectivity index (χ3n) is 3.49. The molecule has 1 aliphatic carbocycles. The van der Waals surface area contributed by atoms with E-state index in [1.807, 2.05) is 0 Å². The molecule has 0 radical (unpaired) electrons. The van der Waals surface area contributed by atoms with E-state index < -0.39 is 0 Å². The molecule has 1 saturated carbocycles. The Bertz CT molecular complexity index is 169. The SMILES string of the molecule is CCC(C)OC12CCCC1CCO2. The third-order valence-corrected chi connectivity index (χ3v) is 3.49. The second-order valence-electron chi connectivity index (χ2n) is 4.37. The Morgan fingerprint density at radius 3 is 3.15 bits per heavy atom. The number of rotatable bonds is 3. The molecule has 0 N–H and O–H groups in total. The summed E-state index contributed by atoms with van der Waals surface area (Å²) in [6, 6.07) is 0. The van der Waals surface area contributed by atoms with Crippen LogP contribution in [0.4, 0.5) is 0 Å². The predicted octanol–water partition coefficient (Wildman–Crippen LogP) is 2.72. The van der Waals surface area contributed by atoms with E-state index in [1.54, 1.807) is 0 Å². The van der Waals surface area contributed by atoms with E-state index in [0.717, 1.165) is 19.4 Å². The van der Waals surface area contributed by atoms with Gasteiger partial charge in [-0.05, 0) is 32.6 Å². The molecular weight excluding hydrogens is 164 g/mol. The van der Waals surface area contributed by atoms with Gasteiger partial charge in [0.1, 0.15) is 0 Å². The van der Waals surface area contributed by atoms with Gasteiger partial charge in [-0.25, -0.2) is 0 Å². The standard InChI is InChI=1S/C11H20O2/c1-3-9(2)13-11-7-4-5-10(11)6-8-12-11/h9-10H,3-8H2,1-2H3.